The first-order chi connectivity index (χ1) is 24.4. The van der Waals surface area contributed by atoms with Crippen molar-refractivity contribution in [1.29, 1.82) is 0 Å². The molecule has 50 heavy (non-hydrogen) atoms. The fraction of sp³-hybridized carbons (Fsp3) is 0.410. The summed E-state index contributed by atoms with van der Waals surface area (Å²) in [6.07, 6.45) is 0.888. The van der Waals surface area contributed by atoms with E-state index in [1.54, 1.807) is 14.2 Å². The molecule has 0 aromatic heterocycles. The lowest BCUT2D eigenvalue weighted by Gasteiger charge is -2.43. The first kappa shape index (κ1) is 36.4. The van der Waals surface area contributed by atoms with Crippen molar-refractivity contribution in [2.45, 2.75) is 51.4 Å². The zero-order valence-corrected chi connectivity index (χ0v) is 29.0. The number of para-hydroxylation sites is 1. The van der Waals surface area contributed by atoms with Gasteiger partial charge < -0.3 is 33.4 Å². The van der Waals surface area contributed by atoms with Gasteiger partial charge in [-0.25, -0.2) is 0 Å². The number of ether oxygens (including phenoxy) is 5. The van der Waals surface area contributed by atoms with Crippen molar-refractivity contribution < 1.29 is 38.4 Å². The van der Waals surface area contributed by atoms with Gasteiger partial charge in [0.25, 0.3) is 5.09 Å². The van der Waals surface area contributed by atoms with E-state index >= 15 is 0 Å². The molecule has 1 aliphatic rings. The number of amides is 1. The van der Waals surface area contributed by atoms with Gasteiger partial charge in [0.2, 0.25) is 5.91 Å². The lowest BCUT2D eigenvalue weighted by molar-refractivity contribution is -0.757. The second kappa shape index (κ2) is 18.2. The van der Waals surface area contributed by atoms with Crippen LogP contribution in [-0.2, 0) is 32.3 Å². The van der Waals surface area contributed by atoms with Gasteiger partial charge in [0, 0.05) is 42.8 Å². The van der Waals surface area contributed by atoms with Gasteiger partial charge >= 0.3 is 0 Å². The predicted molar refractivity (Wildman–Crippen MR) is 189 cm³/mol. The summed E-state index contributed by atoms with van der Waals surface area (Å²) in [6.45, 7) is 4.89. The van der Waals surface area contributed by atoms with Crippen LogP contribution in [0.1, 0.15) is 48.8 Å². The summed E-state index contributed by atoms with van der Waals surface area (Å²) in [4.78, 5) is 29.9. The van der Waals surface area contributed by atoms with E-state index in [1.165, 1.54) is 0 Å². The number of methoxy groups -OCH3 is 2. The molecular weight excluding hydrogens is 640 g/mol. The van der Waals surface area contributed by atoms with Crippen molar-refractivity contribution in [2.24, 2.45) is 5.92 Å². The lowest BCUT2D eigenvalue weighted by atomic mass is 9.79. The van der Waals surface area contributed by atoms with Crippen LogP contribution >= 0.6 is 0 Å². The third kappa shape index (κ3) is 9.86. The topological polar surface area (TPSA) is 119 Å². The van der Waals surface area contributed by atoms with E-state index in [1.807, 2.05) is 65.6 Å². The van der Waals surface area contributed by atoms with Crippen LogP contribution in [0.25, 0.3) is 10.8 Å². The van der Waals surface area contributed by atoms with Crippen molar-refractivity contribution in [3.63, 3.8) is 0 Å². The number of hydrogen-bond acceptors (Lipinski definition) is 9. The molecular formula is C39H46N2O9. The third-order valence-corrected chi connectivity index (χ3v) is 8.99. The van der Waals surface area contributed by atoms with Crippen LogP contribution in [0.5, 0.6) is 17.2 Å². The van der Waals surface area contributed by atoms with E-state index in [-0.39, 0.29) is 43.3 Å². The van der Waals surface area contributed by atoms with Crippen molar-refractivity contribution in [3.8, 4) is 17.2 Å². The SMILES string of the molecule is COc1ccccc1COCCCOc1ccc(C2C(C)CN(C(=O)CCCO[N+](=O)[O-])CC2OCc2cc(OC)c3ccccc3c2)cc1. The fourth-order valence-corrected chi connectivity index (χ4v) is 6.59. The molecule has 4 aromatic rings. The first-order valence-corrected chi connectivity index (χ1v) is 17.0. The van der Waals surface area contributed by atoms with E-state index < -0.39 is 5.09 Å². The van der Waals surface area contributed by atoms with Gasteiger partial charge in [-0.15, -0.1) is 10.1 Å². The largest absolute Gasteiger partial charge is 0.496 e. The molecule has 0 aliphatic carbocycles. The Balaban J connectivity index is 1.21. The minimum atomic E-state index is -0.834. The number of carbonyl (C=O) groups is 1. The highest BCUT2D eigenvalue weighted by Crippen LogP contribution is 2.37. The Kier molecular flexibility index (Phi) is 13.3. The molecule has 11 nitrogen and oxygen atoms in total. The second-order valence-electron chi connectivity index (χ2n) is 12.5. The van der Waals surface area contributed by atoms with Crippen LogP contribution < -0.4 is 14.2 Å². The van der Waals surface area contributed by atoms with E-state index in [0.717, 1.165) is 51.1 Å². The summed E-state index contributed by atoms with van der Waals surface area (Å²) < 4.78 is 29.6. The lowest BCUT2D eigenvalue weighted by Crippen LogP contribution is -2.50. The minimum Gasteiger partial charge on any atom is -0.496 e. The van der Waals surface area contributed by atoms with Crippen LogP contribution in [-0.4, -0.2) is 69.1 Å². The van der Waals surface area contributed by atoms with Gasteiger partial charge in [-0.3, -0.25) is 4.79 Å². The summed E-state index contributed by atoms with van der Waals surface area (Å²) in [5.74, 6) is 2.41. The molecule has 1 saturated heterocycles. The molecule has 1 aliphatic heterocycles. The van der Waals surface area contributed by atoms with E-state index in [9.17, 15) is 14.9 Å². The second-order valence-corrected chi connectivity index (χ2v) is 12.5. The summed E-state index contributed by atoms with van der Waals surface area (Å²) in [5, 5.41) is 11.8. The Hall–Kier alpha value is -4.87. The zero-order valence-electron chi connectivity index (χ0n) is 29.0. The monoisotopic (exact) mass is 686 g/mol. The molecule has 0 spiro atoms. The Morgan fingerprint density at radius 2 is 1.62 bits per heavy atom. The summed E-state index contributed by atoms with van der Waals surface area (Å²) in [5.41, 5.74) is 3.10. The Labute approximate surface area is 293 Å². The molecule has 0 radical (unpaired) electrons. The van der Waals surface area contributed by atoms with Crippen LogP contribution in [0.15, 0.2) is 84.9 Å². The van der Waals surface area contributed by atoms with E-state index in [4.69, 9.17) is 23.7 Å². The highest BCUT2D eigenvalue weighted by molar-refractivity contribution is 5.89. The molecule has 3 atom stereocenters. The molecule has 1 heterocycles. The van der Waals surface area contributed by atoms with Gasteiger partial charge in [0.1, 0.15) is 17.2 Å². The fourth-order valence-electron chi connectivity index (χ4n) is 6.59. The molecule has 266 valence electrons. The number of hydrogen-bond donors (Lipinski definition) is 0. The number of rotatable bonds is 18. The minimum absolute atomic E-state index is 0.0247. The molecule has 0 saturated carbocycles. The van der Waals surface area contributed by atoms with Gasteiger partial charge in [-0.05, 0) is 59.2 Å². The van der Waals surface area contributed by atoms with Gasteiger partial charge in [-0.1, -0.05) is 61.5 Å². The molecule has 1 fully saturated rings. The quantitative estimate of drug-likeness (QED) is 0.0621. The molecule has 4 aromatic carbocycles. The van der Waals surface area contributed by atoms with E-state index in [2.05, 4.69) is 36.0 Å². The number of nitrogens with zero attached hydrogens (tertiary/aromatic N) is 2. The maximum atomic E-state index is 13.2. The van der Waals surface area contributed by atoms with Crippen LogP contribution in [0.2, 0.25) is 0 Å². The van der Waals surface area contributed by atoms with Gasteiger partial charge in [0.05, 0.1) is 53.4 Å². The Morgan fingerprint density at radius 3 is 2.40 bits per heavy atom. The molecule has 0 N–H and O–H groups in total. The summed E-state index contributed by atoms with van der Waals surface area (Å²) in [6, 6.07) is 28.1. The molecule has 5 rings (SSSR count). The van der Waals surface area contributed by atoms with Crippen LogP contribution in [0.3, 0.4) is 0 Å². The van der Waals surface area contributed by atoms with Crippen molar-refractivity contribution in [1.82, 2.24) is 4.90 Å². The smallest absolute Gasteiger partial charge is 0.294 e. The van der Waals surface area contributed by atoms with Gasteiger partial charge in [-0.2, -0.15) is 0 Å². The number of fused-ring (bicyclic) bond motifs is 1. The van der Waals surface area contributed by atoms with Gasteiger partial charge in [0.15, 0.2) is 0 Å². The van der Waals surface area contributed by atoms with Crippen LogP contribution in [0, 0.1) is 16.0 Å². The predicted octanol–water partition coefficient (Wildman–Crippen LogP) is 6.98. The van der Waals surface area contributed by atoms with Crippen molar-refractivity contribution in [2.75, 3.05) is 47.1 Å². The first-order valence-electron chi connectivity index (χ1n) is 17.0. The zero-order chi connectivity index (χ0) is 35.3. The van der Waals surface area contributed by atoms with Crippen LogP contribution in [0.4, 0.5) is 0 Å². The Bertz CT molecular complexity index is 1700. The molecule has 3 unspecified atom stereocenters. The average molecular weight is 687 g/mol. The number of carbonyl (C=O) groups excluding carboxylic acids is 1. The summed E-state index contributed by atoms with van der Waals surface area (Å²) in [7, 11) is 3.32. The van der Waals surface area contributed by atoms with Crippen molar-refractivity contribution >= 4 is 16.7 Å². The average Bonchev–Trinajstić information content (AvgIpc) is 3.13. The highest BCUT2D eigenvalue weighted by atomic mass is 16.9. The van der Waals surface area contributed by atoms with Crippen molar-refractivity contribution in [3.05, 3.63) is 112 Å². The standard InChI is InChI=1S/C39H46N2O9/c1-28-24-40(38(42)14-8-21-50-41(43)44)25-37(49-26-29-22-31-10-4-6-12-34(31)36(23-29)46-3)39(28)30-15-17-33(18-16-30)48-20-9-19-47-27-32-11-5-7-13-35(32)45-2/h4-7,10-13,15-18,22-23,28,37,39H,8-9,14,19-21,24-27H2,1-3H3. The number of benzene rings is 4. The number of piperidine rings is 1. The van der Waals surface area contributed by atoms with E-state index in [0.29, 0.717) is 39.5 Å². The molecule has 0 bridgehead atoms. The normalized spacial score (nSPS) is 17.3. The third-order valence-electron chi connectivity index (χ3n) is 8.99. The Morgan fingerprint density at radius 1 is 0.860 bits per heavy atom. The molecule has 1 amide bonds. The summed E-state index contributed by atoms with van der Waals surface area (Å²) >= 11 is 0. The number of likely N-dealkylation sites (tertiary alicyclic amines) is 1. The molecule has 11 heteroatoms. The highest BCUT2D eigenvalue weighted by Gasteiger charge is 2.38. The maximum absolute atomic E-state index is 13.2. The maximum Gasteiger partial charge on any atom is 0.294 e.